The summed E-state index contributed by atoms with van der Waals surface area (Å²) in [7, 11) is 0. The normalized spacial score (nSPS) is 15.7. The zero-order valence-electron chi connectivity index (χ0n) is 20.1. The largest absolute Gasteiger partial charge is 0.424 e. The van der Waals surface area contributed by atoms with Gasteiger partial charge in [-0.05, 0) is 30.7 Å². The van der Waals surface area contributed by atoms with Crippen molar-refractivity contribution >= 4 is 34.0 Å². The van der Waals surface area contributed by atoms with Crippen LogP contribution in [-0.2, 0) is 6.54 Å². The topological polar surface area (TPSA) is 122 Å². The van der Waals surface area contributed by atoms with E-state index in [0.717, 1.165) is 55.2 Å². The standard InChI is InChI=1S/C26H28N8O2/c1-17(15-35)34-25-22(23(31-34)19-7-8-21-20(13-19)30-26(27)36-21)24(28-16-29-25)33-11-9-32(10-12-33)14-18-5-3-2-4-6-18/h2-8,13,16-17,35H,9-12,14-15H2,1H3,(H2,27,30). The number of piperazine rings is 1. The Kier molecular flexibility index (Phi) is 5.74. The summed E-state index contributed by atoms with van der Waals surface area (Å²) in [6.07, 6.45) is 1.58. The van der Waals surface area contributed by atoms with E-state index in [1.54, 1.807) is 11.0 Å². The Balaban J connectivity index is 1.38. The van der Waals surface area contributed by atoms with Crippen molar-refractivity contribution in [3.05, 3.63) is 60.4 Å². The van der Waals surface area contributed by atoms with E-state index < -0.39 is 0 Å². The molecule has 2 aromatic carbocycles. The van der Waals surface area contributed by atoms with Crippen molar-refractivity contribution in [1.82, 2.24) is 29.6 Å². The molecule has 4 heterocycles. The molecule has 1 fully saturated rings. The molecule has 0 radical (unpaired) electrons. The number of benzene rings is 2. The summed E-state index contributed by atoms with van der Waals surface area (Å²) in [6.45, 7) is 6.36. The zero-order valence-corrected chi connectivity index (χ0v) is 20.1. The first-order valence-corrected chi connectivity index (χ1v) is 12.1. The van der Waals surface area contributed by atoms with Crippen molar-refractivity contribution < 1.29 is 9.52 Å². The number of nitrogen functional groups attached to an aromatic ring is 1. The molecule has 184 valence electrons. The van der Waals surface area contributed by atoms with Crippen LogP contribution in [0.4, 0.5) is 11.8 Å². The van der Waals surface area contributed by atoms with Crippen LogP contribution in [0.1, 0.15) is 18.5 Å². The van der Waals surface area contributed by atoms with Crippen molar-refractivity contribution in [1.29, 1.82) is 0 Å². The van der Waals surface area contributed by atoms with Crippen LogP contribution in [0.2, 0.25) is 0 Å². The molecule has 1 aliphatic heterocycles. The molecule has 5 aromatic rings. The van der Waals surface area contributed by atoms with Crippen molar-refractivity contribution in [2.45, 2.75) is 19.5 Å². The zero-order chi connectivity index (χ0) is 24.6. The molecule has 3 N–H and O–H groups in total. The van der Waals surface area contributed by atoms with Gasteiger partial charge in [0.2, 0.25) is 0 Å². The van der Waals surface area contributed by atoms with Crippen LogP contribution in [0.5, 0.6) is 0 Å². The highest BCUT2D eigenvalue weighted by molar-refractivity contribution is 6.00. The van der Waals surface area contributed by atoms with Crippen LogP contribution >= 0.6 is 0 Å². The second-order valence-corrected chi connectivity index (χ2v) is 9.20. The Hall–Kier alpha value is -4.02. The summed E-state index contributed by atoms with van der Waals surface area (Å²) in [5.41, 5.74) is 10.7. The fourth-order valence-corrected chi connectivity index (χ4v) is 4.84. The third-order valence-electron chi connectivity index (χ3n) is 6.75. The molecule has 1 atom stereocenters. The lowest BCUT2D eigenvalue weighted by Crippen LogP contribution is -2.46. The van der Waals surface area contributed by atoms with E-state index >= 15 is 0 Å². The summed E-state index contributed by atoms with van der Waals surface area (Å²) >= 11 is 0. The predicted octanol–water partition coefficient (Wildman–Crippen LogP) is 3.09. The van der Waals surface area contributed by atoms with E-state index in [2.05, 4.69) is 44.0 Å². The Labute approximate surface area is 208 Å². The van der Waals surface area contributed by atoms with E-state index in [1.807, 2.05) is 31.2 Å². The van der Waals surface area contributed by atoms with Gasteiger partial charge in [0.15, 0.2) is 11.2 Å². The van der Waals surface area contributed by atoms with E-state index in [4.69, 9.17) is 20.2 Å². The highest BCUT2D eigenvalue weighted by atomic mass is 16.4. The van der Waals surface area contributed by atoms with Gasteiger partial charge in [0.25, 0.3) is 6.01 Å². The maximum atomic E-state index is 9.88. The molecule has 3 aromatic heterocycles. The fraction of sp³-hybridized carbons (Fsp3) is 0.308. The Morgan fingerprint density at radius 3 is 2.64 bits per heavy atom. The molecule has 0 aliphatic carbocycles. The van der Waals surface area contributed by atoms with Gasteiger partial charge in [-0.15, -0.1) is 0 Å². The minimum atomic E-state index is -0.238. The molecular weight excluding hydrogens is 456 g/mol. The van der Waals surface area contributed by atoms with Gasteiger partial charge in [0, 0.05) is 38.3 Å². The van der Waals surface area contributed by atoms with Gasteiger partial charge < -0.3 is 20.2 Å². The first-order valence-electron chi connectivity index (χ1n) is 12.1. The fourth-order valence-electron chi connectivity index (χ4n) is 4.84. The highest BCUT2D eigenvalue weighted by Gasteiger charge is 2.26. The van der Waals surface area contributed by atoms with E-state index in [0.29, 0.717) is 16.7 Å². The van der Waals surface area contributed by atoms with Gasteiger partial charge in [-0.25, -0.2) is 14.6 Å². The first-order chi connectivity index (χ1) is 17.6. The molecule has 36 heavy (non-hydrogen) atoms. The number of rotatable bonds is 6. The van der Waals surface area contributed by atoms with E-state index in [-0.39, 0.29) is 18.7 Å². The van der Waals surface area contributed by atoms with Gasteiger partial charge in [-0.3, -0.25) is 4.90 Å². The number of hydrogen-bond donors (Lipinski definition) is 2. The number of hydrogen-bond acceptors (Lipinski definition) is 9. The van der Waals surface area contributed by atoms with Crippen LogP contribution in [-0.4, -0.2) is 67.5 Å². The van der Waals surface area contributed by atoms with Crippen LogP contribution in [0.15, 0.2) is 59.3 Å². The number of anilines is 2. The smallest absolute Gasteiger partial charge is 0.292 e. The molecule has 0 bridgehead atoms. The lowest BCUT2D eigenvalue weighted by atomic mass is 10.1. The maximum absolute atomic E-state index is 9.88. The quantitative estimate of drug-likeness (QED) is 0.374. The first kappa shape index (κ1) is 22.4. The van der Waals surface area contributed by atoms with Crippen molar-refractivity contribution in [3.63, 3.8) is 0 Å². The lowest BCUT2D eigenvalue weighted by molar-refractivity contribution is 0.232. The Morgan fingerprint density at radius 1 is 1.06 bits per heavy atom. The lowest BCUT2D eigenvalue weighted by Gasteiger charge is -2.35. The third kappa shape index (κ3) is 4.04. The molecule has 0 amide bonds. The van der Waals surface area contributed by atoms with Gasteiger partial charge in [-0.1, -0.05) is 30.3 Å². The Bertz CT molecular complexity index is 1510. The van der Waals surface area contributed by atoms with Crippen LogP contribution in [0, 0.1) is 0 Å². The molecule has 10 nitrogen and oxygen atoms in total. The van der Waals surface area contributed by atoms with Gasteiger partial charge in [0.1, 0.15) is 23.4 Å². The van der Waals surface area contributed by atoms with Gasteiger partial charge in [0.05, 0.1) is 18.0 Å². The van der Waals surface area contributed by atoms with E-state index in [9.17, 15) is 5.11 Å². The number of nitrogens with two attached hydrogens (primary N) is 1. The summed E-state index contributed by atoms with van der Waals surface area (Å²) < 4.78 is 7.23. The minimum absolute atomic E-state index is 0.0490. The number of aliphatic hydroxyl groups is 1. The van der Waals surface area contributed by atoms with Crippen LogP contribution in [0.3, 0.4) is 0 Å². The second-order valence-electron chi connectivity index (χ2n) is 9.20. The number of aromatic nitrogens is 5. The van der Waals surface area contributed by atoms with Gasteiger partial charge >= 0.3 is 0 Å². The molecule has 6 rings (SSSR count). The second kappa shape index (κ2) is 9.21. The maximum Gasteiger partial charge on any atom is 0.292 e. The summed E-state index contributed by atoms with van der Waals surface area (Å²) in [6, 6.07) is 16.2. The van der Waals surface area contributed by atoms with Crippen molar-refractivity contribution in [3.8, 4) is 11.3 Å². The Morgan fingerprint density at radius 2 is 1.86 bits per heavy atom. The van der Waals surface area contributed by atoms with Gasteiger partial charge in [-0.2, -0.15) is 10.1 Å². The molecule has 1 unspecified atom stereocenters. The van der Waals surface area contributed by atoms with Crippen molar-refractivity contribution in [2.75, 3.05) is 43.4 Å². The summed E-state index contributed by atoms with van der Waals surface area (Å²) in [5, 5.41) is 15.6. The SMILES string of the molecule is CC(CO)n1nc(-c2ccc3oc(N)nc3c2)c2c(N3CCN(Cc4ccccc4)CC3)ncnc21. The molecule has 1 aliphatic rings. The molecule has 0 spiro atoms. The molecular formula is C26H28N8O2. The van der Waals surface area contributed by atoms with Crippen LogP contribution < -0.4 is 10.6 Å². The molecule has 0 saturated carbocycles. The van der Waals surface area contributed by atoms with Crippen molar-refractivity contribution in [2.24, 2.45) is 0 Å². The summed E-state index contributed by atoms with van der Waals surface area (Å²) in [4.78, 5) is 18.3. The summed E-state index contributed by atoms with van der Waals surface area (Å²) in [5.74, 6) is 0.852. The number of fused-ring (bicyclic) bond motifs is 2. The highest BCUT2D eigenvalue weighted by Crippen LogP contribution is 2.36. The average Bonchev–Trinajstić information content (AvgIpc) is 3.48. The van der Waals surface area contributed by atoms with Crippen LogP contribution in [0.25, 0.3) is 33.4 Å². The molecule has 1 saturated heterocycles. The number of oxazole rings is 1. The molecule has 10 heteroatoms. The number of nitrogens with zero attached hydrogens (tertiary/aromatic N) is 7. The van der Waals surface area contributed by atoms with E-state index in [1.165, 1.54) is 5.56 Å². The predicted molar refractivity (Wildman–Crippen MR) is 138 cm³/mol. The minimum Gasteiger partial charge on any atom is -0.424 e. The average molecular weight is 485 g/mol. The number of aliphatic hydroxyl groups excluding tert-OH is 1. The monoisotopic (exact) mass is 484 g/mol. The third-order valence-corrected chi connectivity index (χ3v) is 6.75.